The number of hydrogen-bond acceptors (Lipinski definition) is 4. The van der Waals surface area contributed by atoms with E-state index < -0.39 is 24.1 Å². The summed E-state index contributed by atoms with van der Waals surface area (Å²) in [6.45, 7) is 0. The molecule has 20 heavy (non-hydrogen) atoms. The van der Waals surface area contributed by atoms with E-state index in [9.17, 15) is 14.7 Å². The number of amides is 2. The van der Waals surface area contributed by atoms with Crippen LogP contribution in [0.5, 0.6) is 0 Å². The third-order valence-electron chi connectivity index (χ3n) is 3.72. The number of carbonyl (C=O) groups is 2. The molecular weight excluding hydrogens is 280 g/mol. The third kappa shape index (κ3) is 4.86. The predicted octanol–water partition coefficient (Wildman–Crippen LogP) is 1.14. The summed E-state index contributed by atoms with van der Waals surface area (Å²) in [4.78, 5) is 24.7. The van der Waals surface area contributed by atoms with Gasteiger partial charge in [0.2, 0.25) is 0 Å². The second-order valence-electron chi connectivity index (χ2n) is 5.15. The Morgan fingerprint density at radius 3 is 2.60 bits per heavy atom. The summed E-state index contributed by atoms with van der Waals surface area (Å²) in [5.41, 5.74) is 0. The van der Waals surface area contributed by atoms with Gasteiger partial charge in [0, 0.05) is 7.05 Å². The first kappa shape index (κ1) is 17.1. The highest BCUT2D eigenvalue weighted by atomic mass is 32.2. The quantitative estimate of drug-likeness (QED) is 0.684. The zero-order valence-corrected chi connectivity index (χ0v) is 12.9. The molecule has 0 heterocycles. The molecule has 1 aliphatic carbocycles. The fraction of sp³-hybridized carbons (Fsp3) is 0.846. The lowest BCUT2D eigenvalue weighted by molar-refractivity contribution is -0.139. The molecule has 3 atom stereocenters. The Balaban J connectivity index is 2.56. The van der Waals surface area contributed by atoms with E-state index in [2.05, 4.69) is 5.32 Å². The molecule has 1 rings (SSSR count). The van der Waals surface area contributed by atoms with Crippen LogP contribution in [-0.2, 0) is 4.79 Å². The largest absolute Gasteiger partial charge is 0.480 e. The molecule has 116 valence electrons. The van der Waals surface area contributed by atoms with Gasteiger partial charge in [-0.15, -0.1) is 0 Å². The lowest BCUT2D eigenvalue weighted by Crippen LogP contribution is -2.53. The highest BCUT2D eigenvalue weighted by Gasteiger charge is 2.31. The van der Waals surface area contributed by atoms with Crippen molar-refractivity contribution in [1.82, 2.24) is 10.2 Å². The van der Waals surface area contributed by atoms with E-state index in [0.717, 1.165) is 19.3 Å². The number of nitrogens with zero attached hydrogens (tertiary/aromatic N) is 1. The first-order chi connectivity index (χ1) is 9.47. The number of carboxylic acids is 1. The van der Waals surface area contributed by atoms with Crippen LogP contribution < -0.4 is 5.32 Å². The van der Waals surface area contributed by atoms with Crippen molar-refractivity contribution in [2.75, 3.05) is 19.1 Å². The first-order valence-electron chi connectivity index (χ1n) is 6.90. The third-order valence-corrected chi connectivity index (χ3v) is 4.36. The van der Waals surface area contributed by atoms with Gasteiger partial charge >= 0.3 is 12.0 Å². The van der Waals surface area contributed by atoms with Crippen LogP contribution >= 0.6 is 11.8 Å². The fourth-order valence-electron chi connectivity index (χ4n) is 2.44. The Morgan fingerprint density at radius 2 is 2.05 bits per heavy atom. The number of hydrogen-bond donors (Lipinski definition) is 3. The van der Waals surface area contributed by atoms with Crippen molar-refractivity contribution >= 4 is 23.8 Å². The molecule has 0 aliphatic heterocycles. The summed E-state index contributed by atoms with van der Waals surface area (Å²) in [5, 5.41) is 21.6. The van der Waals surface area contributed by atoms with Gasteiger partial charge in [0.1, 0.15) is 6.04 Å². The van der Waals surface area contributed by atoms with Crippen LogP contribution in [0.3, 0.4) is 0 Å². The van der Waals surface area contributed by atoms with Gasteiger partial charge in [0.05, 0.1) is 12.1 Å². The minimum absolute atomic E-state index is 0.223. The van der Waals surface area contributed by atoms with Crippen LogP contribution in [-0.4, -0.2) is 64.4 Å². The molecule has 2 amide bonds. The van der Waals surface area contributed by atoms with E-state index in [1.54, 1.807) is 18.8 Å². The fourth-order valence-corrected chi connectivity index (χ4v) is 2.91. The number of rotatable bonds is 6. The average Bonchev–Trinajstić information content (AvgIpc) is 2.42. The van der Waals surface area contributed by atoms with Gasteiger partial charge in [0.15, 0.2) is 0 Å². The minimum atomic E-state index is -1.02. The Morgan fingerprint density at radius 1 is 1.40 bits per heavy atom. The number of carboxylic acid groups (broad SMARTS) is 1. The maximum atomic E-state index is 12.1. The van der Waals surface area contributed by atoms with Crippen LogP contribution in [0.1, 0.15) is 32.1 Å². The second-order valence-corrected chi connectivity index (χ2v) is 6.14. The molecule has 1 saturated carbocycles. The first-order valence-corrected chi connectivity index (χ1v) is 8.30. The summed E-state index contributed by atoms with van der Waals surface area (Å²) in [6, 6.07) is -1.53. The summed E-state index contributed by atoms with van der Waals surface area (Å²) in [5.74, 6) is -0.350. The van der Waals surface area contributed by atoms with Crippen molar-refractivity contribution in [3.05, 3.63) is 0 Å². The van der Waals surface area contributed by atoms with Crippen molar-refractivity contribution in [3.63, 3.8) is 0 Å². The number of likely N-dealkylation sites (N-methyl/N-ethyl adjacent to an activating group) is 1. The van der Waals surface area contributed by atoms with Crippen LogP contribution in [0.25, 0.3) is 0 Å². The van der Waals surface area contributed by atoms with Crippen molar-refractivity contribution in [2.24, 2.45) is 0 Å². The lowest BCUT2D eigenvalue weighted by atomic mass is 9.92. The summed E-state index contributed by atoms with van der Waals surface area (Å²) < 4.78 is 0. The van der Waals surface area contributed by atoms with Gasteiger partial charge in [0.25, 0.3) is 0 Å². The number of urea groups is 1. The number of aliphatic hydroxyl groups excluding tert-OH is 1. The standard InChI is InChI=1S/C13H24N2O4S/c1-15(10-5-3-4-6-11(10)16)13(19)14-9(12(17)18)7-8-20-2/h9-11,16H,3-8H2,1-2H3,(H,14,19)(H,17,18)/t9-,10?,11?/m0/s1. The van der Waals surface area contributed by atoms with Crippen molar-refractivity contribution in [3.8, 4) is 0 Å². The van der Waals surface area contributed by atoms with Gasteiger partial charge in [-0.2, -0.15) is 11.8 Å². The topological polar surface area (TPSA) is 89.9 Å². The van der Waals surface area contributed by atoms with Gasteiger partial charge in [-0.25, -0.2) is 9.59 Å². The lowest BCUT2D eigenvalue weighted by Gasteiger charge is -2.35. The normalized spacial score (nSPS) is 23.9. The summed E-state index contributed by atoms with van der Waals surface area (Å²) in [6.07, 6.45) is 5.17. The van der Waals surface area contributed by atoms with Crippen molar-refractivity contribution in [2.45, 2.75) is 50.3 Å². The number of carbonyl (C=O) groups excluding carboxylic acids is 1. The molecule has 0 bridgehead atoms. The van der Waals surface area contributed by atoms with Gasteiger partial charge in [-0.3, -0.25) is 0 Å². The van der Waals surface area contributed by atoms with Crippen LogP contribution in [0.2, 0.25) is 0 Å². The highest BCUT2D eigenvalue weighted by molar-refractivity contribution is 7.98. The average molecular weight is 304 g/mol. The molecule has 6 nitrogen and oxygen atoms in total. The summed E-state index contributed by atoms with van der Waals surface area (Å²) >= 11 is 1.54. The maximum absolute atomic E-state index is 12.1. The smallest absolute Gasteiger partial charge is 0.326 e. The molecular formula is C13H24N2O4S. The molecule has 0 spiro atoms. The monoisotopic (exact) mass is 304 g/mol. The highest BCUT2D eigenvalue weighted by Crippen LogP contribution is 2.22. The molecule has 0 aromatic rings. The second kappa shape index (κ2) is 8.36. The minimum Gasteiger partial charge on any atom is -0.480 e. The van der Waals surface area contributed by atoms with E-state index in [0.29, 0.717) is 18.6 Å². The molecule has 0 aromatic heterocycles. The number of thioether (sulfide) groups is 1. The zero-order chi connectivity index (χ0) is 15.1. The van der Waals surface area contributed by atoms with E-state index in [1.165, 1.54) is 4.90 Å². The molecule has 1 fully saturated rings. The molecule has 7 heteroatoms. The number of aliphatic carboxylic acids is 1. The van der Waals surface area contributed by atoms with Crippen molar-refractivity contribution in [1.29, 1.82) is 0 Å². The van der Waals surface area contributed by atoms with Gasteiger partial charge in [-0.05, 0) is 31.3 Å². The molecule has 3 N–H and O–H groups in total. The molecule has 0 saturated heterocycles. The molecule has 0 radical (unpaired) electrons. The van der Waals surface area contributed by atoms with E-state index in [4.69, 9.17) is 5.11 Å². The SMILES string of the molecule is CSCC[C@H](NC(=O)N(C)C1CCCCC1O)C(=O)O. The number of nitrogens with one attached hydrogen (secondary N) is 1. The Bertz CT molecular complexity index is 340. The number of aliphatic hydroxyl groups is 1. The summed E-state index contributed by atoms with van der Waals surface area (Å²) in [7, 11) is 1.61. The Hall–Kier alpha value is -0.950. The van der Waals surface area contributed by atoms with Crippen molar-refractivity contribution < 1.29 is 19.8 Å². The van der Waals surface area contributed by atoms with Crippen LogP contribution in [0.4, 0.5) is 4.79 Å². The molecule has 1 aliphatic rings. The van der Waals surface area contributed by atoms with Gasteiger partial charge in [-0.1, -0.05) is 12.8 Å². The van der Waals surface area contributed by atoms with Gasteiger partial charge < -0.3 is 20.4 Å². The maximum Gasteiger partial charge on any atom is 0.326 e. The van der Waals surface area contributed by atoms with Crippen LogP contribution in [0.15, 0.2) is 0 Å². The molecule has 0 aromatic carbocycles. The molecule has 2 unspecified atom stereocenters. The predicted molar refractivity (Wildman–Crippen MR) is 79.0 cm³/mol. The van der Waals surface area contributed by atoms with E-state index in [1.807, 2.05) is 6.26 Å². The zero-order valence-electron chi connectivity index (χ0n) is 12.0. The van der Waals surface area contributed by atoms with Crippen LogP contribution in [0, 0.1) is 0 Å². The van der Waals surface area contributed by atoms with E-state index >= 15 is 0 Å². The Kier molecular flexibility index (Phi) is 7.15. The van der Waals surface area contributed by atoms with E-state index in [-0.39, 0.29) is 6.04 Å². The Labute approximate surface area is 123 Å².